The molecule has 2 rings (SSSR count). The maximum Gasteiger partial charge on any atom is 0.340 e. The smallest absolute Gasteiger partial charge is 0.340 e. The molecule has 0 aliphatic heterocycles. The van der Waals surface area contributed by atoms with Crippen molar-refractivity contribution in [3.05, 3.63) is 58.4 Å². The summed E-state index contributed by atoms with van der Waals surface area (Å²) in [5.74, 6) is -1.31. The van der Waals surface area contributed by atoms with Crippen LogP contribution in [0.2, 0.25) is 5.02 Å². The number of hydrogen-bond donors (Lipinski definition) is 0. The van der Waals surface area contributed by atoms with E-state index in [2.05, 4.69) is 0 Å². The fraction of sp³-hybridized carbons (Fsp3) is 0.316. The number of esters is 1. The Morgan fingerprint density at radius 1 is 1.14 bits per heavy atom. The first kappa shape index (κ1) is 22.1. The average Bonchev–Trinajstić information content (AvgIpc) is 2.67. The molecule has 0 bridgehead atoms. The van der Waals surface area contributed by atoms with Gasteiger partial charge in [-0.25, -0.2) is 17.6 Å². The van der Waals surface area contributed by atoms with Crippen LogP contribution in [-0.4, -0.2) is 38.9 Å². The highest BCUT2D eigenvalue weighted by Gasteiger charge is 2.24. The normalized spacial score (nSPS) is 11.5. The van der Waals surface area contributed by atoms with Crippen LogP contribution in [0.1, 0.15) is 29.8 Å². The highest BCUT2D eigenvalue weighted by molar-refractivity contribution is 7.89. The number of carbonyl (C=O) groups excluding carboxylic acids is 1. The van der Waals surface area contributed by atoms with Gasteiger partial charge in [0, 0.05) is 13.1 Å². The van der Waals surface area contributed by atoms with Gasteiger partial charge in [-0.15, -0.1) is 0 Å². The van der Waals surface area contributed by atoms with E-state index in [-0.39, 0.29) is 27.8 Å². The molecule has 9 heteroatoms. The Morgan fingerprint density at radius 3 is 2.39 bits per heavy atom. The lowest BCUT2D eigenvalue weighted by Crippen LogP contribution is -2.30. The van der Waals surface area contributed by atoms with E-state index in [1.807, 2.05) is 0 Å². The molecule has 0 aliphatic carbocycles. The lowest BCUT2D eigenvalue weighted by atomic mass is 10.2. The molecule has 0 radical (unpaired) electrons. The van der Waals surface area contributed by atoms with Crippen molar-refractivity contribution >= 4 is 27.6 Å². The molecule has 0 heterocycles. The van der Waals surface area contributed by atoms with Crippen molar-refractivity contribution in [3.8, 4) is 5.75 Å². The summed E-state index contributed by atoms with van der Waals surface area (Å²) in [5, 5.41) is 0.0596. The third-order valence-corrected chi connectivity index (χ3v) is 6.46. The van der Waals surface area contributed by atoms with E-state index in [1.165, 1.54) is 41.7 Å². The summed E-state index contributed by atoms with van der Waals surface area (Å²) in [7, 11) is -2.40. The van der Waals surface area contributed by atoms with Crippen LogP contribution in [0.3, 0.4) is 0 Å². The molecular weight excluding hydrogens is 409 g/mol. The fourth-order valence-corrected chi connectivity index (χ4v) is 4.24. The lowest BCUT2D eigenvalue weighted by molar-refractivity contribution is 0.0472. The first-order chi connectivity index (χ1) is 13.2. The molecule has 6 nitrogen and oxygen atoms in total. The molecule has 0 spiro atoms. The Hall–Kier alpha value is -2.16. The van der Waals surface area contributed by atoms with Gasteiger partial charge >= 0.3 is 5.97 Å². The maximum absolute atomic E-state index is 13.7. The zero-order chi connectivity index (χ0) is 20.9. The summed E-state index contributed by atoms with van der Waals surface area (Å²) in [5.41, 5.74) is 0.332. The van der Waals surface area contributed by atoms with Crippen molar-refractivity contribution in [2.75, 3.05) is 20.2 Å². The van der Waals surface area contributed by atoms with E-state index in [9.17, 15) is 17.6 Å². The molecule has 0 aromatic heterocycles. The van der Waals surface area contributed by atoms with Crippen LogP contribution in [0, 0.1) is 5.82 Å². The Kier molecular flexibility index (Phi) is 7.40. The largest absolute Gasteiger partial charge is 0.494 e. The minimum atomic E-state index is -3.75. The maximum atomic E-state index is 13.7. The monoisotopic (exact) mass is 429 g/mol. The number of sulfonamides is 1. The molecule has 2 aromatic carbocycles. The van der Waals surface area contributed by atoms with Gasteiger partial charge in [-0.1, -0.05) is 31.5 Å². The Labute approximate surface area is 168 Å². The average molecular weight is 430 g/mol. The highest BCUT2D eigenvalue weighted by atomic mass is 35.5. The van der Waals surface area contributed by atoms with E-state index >= 15 is 0 Å². The van der Waals surface area contributed by atoms with Crippen LogP contribution in [0.25, 0.3) is 0 Å². The van der Waals surface area contributed by atoms with Gasteiger partial charge < -0.3 is 9.47 Å². The fourth-order valence-electron chi connectivity index (χ4n) is 2.56. The second kappa shape index (κ2) is 9.36. The molecule has 0 saturated heterocycles. The molecule has 0 aliphatic rings. The number of methoxy groups -OCH3 is 1. The van der Waals surface area contributed by atoms with Crippen molar-refractivity contribution in [2.45, 2.75) is 25.3 Å². The van der Waals surface area contributed by atoms with Gasteiger partial charge in [-0.05, 0) is 35.9 Å². The summed E-state index contributed by atoms with van der Waals surface area (Å²) in [6.45, 7) is 3.83. The molecule has 28 heavy (non-hydrogen) atoms. The van der Waals surface area contributed by atoms with Gasteiger partial charge in [0.2, 0.25) is 10.0 Å². The van der Waals surface area contributed by atoms with Crippen molar-refractivity contribution in [3.63, 3.8) is 0 Å². The van der Waals surface area contributed by atoms with E-state index in [4.69, 9.17) is 21.1 Å². The Balaban J connectivity index is 2.22. The first-order valence-corrected chi connectivity index (χ1v) is 10.4. The van der Waals surface area contributed by atoms with E-state index < -0.39 is 21.8 Å². The van der Waals surface area contributed by atoms with Gasteiger partial charge in [0.05, 0.1) is 22.6 Å². The van der Waals surface area contributed by atoms with Gasteiger partial charge in [0.1, 0.15) is 6.61 Å². The van der Waals surface area contributed by atoms with Gasteiger partial charge in [-0.3, -0.25) is 0 Å². The summed E-state index contributed by atoms with van der Waals surface area (Å²) in [4.78, 5) is 12.3. The van der Waals surface area contributed by atoms with Crippen LogP contribution < -0.4 is 4.74 Å². The molecule has 0 amide bonds. The third-order valence-electron chi connectivity index (χ3n) is 4.09. The van der Waals surface area contributed by atoms with E-state index in [0.717, 1.165) is 0 Å². The zero-order valence-electron chi connectivity index (χ0n) is 15.7. The van der Waals surface area contributed by atoms with Gasteiger partial charge in [-0.2, -0.15) is 4.31 Å². The SMILES string of the molecule is CCN(CC)S(=O)(=O)c1ccc(Cl)c(C(=O)OCc2ccc(OC)c(F)c2)c1. The Morgan fingerprint density at radius 2 is 1.82 bits per heavy atom. The molecule has 0 N–H and O–H groups in total. The predicted molar refractivity (Wildman–Crippen MR) is 104 cm³/mol. The lowest BCUT2D eigenvalue weighted by Gasteiger charge is -2.19. The van der Waals surface area contributed by atoms with Crippen molar-refractivity contribution < 1.29 is 27.1 Å². The summed E-state index contributed by atoms with van der Waals surface area (Å²) in [6.07, 6.45) is 0. The molecule has 0 saturated carbocycles. The van der Waals surface area contributed by atoms with Crippen LogP contribution in [0.5, 0.6) is 5.75 Å². The van der Waals surface area contributed by atoms with Crippen LogP contribution >= 0.6 is 11.6 Å². The number of carbonyl (C=O) groups is 1. The number of nitrogens with zero attached hydrogens (tertiary/aromatic N) is 1. The van der Waals surface area contributed by atoms with E-state index in [0.29, 0.717) is 18.7 Å². The second-order valence-electron chi connectivity index (χ2n) is 5.78. The van der Waals surface area contributed by atoms with E-state index in [1.54, 1.807) is 19.9 Å². The van der Waals surface area contributed by atoms with Gasteiger partial charge in [0.15, 0.2) is 11.6 Å². The Bertz CT molecular complexity index is 961. The minimum Gasteiger partial charge on any atom is -0.494 e. The molecule has 0 fully saturated rings. The summed E-state index contributed by atoms with van der Waals surface area (Å²) < 4.78 is 50.3. The van der Waals surface area contributed by atoms with Crippen LogP contribution in [-0.2, 0) is 21.4 Å². The van der Waals surface area contributed by atoms with Crippen LogP contribution in [0.4, 0.5) is 4.39 Å². The molecule has 152 valence electrons. The molecular formula is C19H21ClFNO5S. The molecule has 0 atom stereocenters. The highest BCUT2D eigenvalue weighted by Crippen LogP contribution is 2.24. The number of rotatable bonds is 8. The van der Waals surface area contributed by atoms with Gasteiger partial charge in [0.25, 0.3) is 0 Å². The van der Waals surface area contributed by atoms with Crippen molar-refractivity contribution in [2.24, 2.45) is 0 Å². The number of benzene rings is 2. The van der Waals surface area contributed by atoms with Crippen molar-refractivity contribution in [1.29, 1.82) is 0 Å². The second-order valence-corrected chi connectivity index (χ2v) is 8.12. The standard InChI is InChI=1S/C19H21ClFNO5S/c1-4-22(5-2)28(24,25)14-7-8-16(20)15(11-14)19(23)27-12-13-6-9-18(26-3)17(21)10-13/h6-11H,4-5,12H2,1-3H3. The number of halogens is 2. The van der Waals surface area contributed by atoms with Crippen LogP contribution in [0.15, 0.2) is 41.3 Å². The minimum absolute atomic E-state index is 0.0527. The predicted octanol–water partition coefficient (Wildman–Crippen LogP) is 3.88. The van der Waals surface area contributed by atoms with Crippen molar-refractivity contribution in [1.82, 2.24) is 4.31 Å². The number of hydrogen-bond acceptors (Lipinski definition) is 5. The quantitative estimate of drug-likeness (QED) is 0.595. The number of ether oxygens (including phenoxy) is 2. The topological polar surface area (TPSA) is 72.9 Å². The summed E-state index contributed by atoms with van der Waals surface area (Å²) >= 11 is 6.05. The molecule has 2 aromatic rings. The third kappa shape index (κ3) is 4.81. The molecule has 0 unspecified atom stereocenters. The first-order valence-electron chi connectivity index (χ1n) is 8.53. The zero-order valence-corrected chi connectivity index (χ0v) is 17.3. The summed E-state index contributed by atoms with van der Waals surface area (Å²) in [6, 6.07) is 8.02.